The minimum Gasteiger partial charge on any atom is -0.497 e. The molecule has 2 heterocycles. The molecule has 1 aliphatic heterocycles. The molecule has 1 aliphatic rings. The molecular formula is C22H22N2O4. The van der Waals surface area contributed by atoms with E-state index in [0.717, 1.165) is 29.0 Å². The summed E-state index contributed by atoms with van der Waals surface area (Å²) in [5.74, 6) is 2.26. The van der Waals surface area contributed by atoms with E-state index in [9.17, 15) is 4.79 Å². The molecule has 6 nitrogen and oxygen atoms in total. The fourth-order valence-electron chi connectivity index (χ4n) is 3.63. The van der Waals surface area contributed by atoms with E-state index in [0.29, 0.717) is 24.5 Å². The Bertz CT molecular complexity index is 968. The number of benzene rings is 2. The zero-order valence-electron chi connectivity index (χ0n) is 15.9. The molecule has 3 aromatic rings. The van der Waals surface area contributed by atoms with Gasteiger partial charge < -0.3 is 18.9 Å². The Labute approximate surface area is 163 Å². The summed E-state index contributed by atoms with van der Waals surface area (Å²) in [6.45, 7) is 1.27. The first kappa shape index (κ1) is 18.1. The molecule has 2 aromatic carbocycles. The Morgan fingerprint density at radius 2 is 1.93 bits per heavy atom. The van der Waals surface area contributed by atoms with Gasteiger partial charge in [0.1, 0.15) is 11.5 Å². The molecule has 4 rings (SSSR count). The highest BCUT2D eigenvalue weighted by Gasteiger charge is 2.31. The van der Waals surface area contributed by atoms with Crippen molar-refractivity contribution in [2.45, 2.75) is 12.3 Å². The molecule has 1 saturated heterocycles. The number of carbonyl (C=O) groups is 1. The van der Waals surface area contributed by atoms with Gasteiger partial charge >= 0.3 is 0 Å². The third-order valence-corrected chi connectivity index (χ3v) is 5.14. The largest absolute Gasteiger partial charge is 0.497 e. The molecule has 0 spiro atoms. The number of methoxy groups -OCH3 is 2. The summed E-state index contributed by atoms with van der Waals surface area (Å²) in [5, 5.41) is 3.99. The predicted molar refractivity (Wildman–Crippen MR) is 105 cm³/mol. The van der Waals surface area contributed by atoms with Crippen LogP contribution in [-0.4, -0.2) is 43.3 Å². The van der Waals surface area contributed by atoms with E-state index < -0.39 is 0 Å². The van der Waals surface area contributed by atoms with E-state index in [1.54, 1.807) is 20.3 Å². The van der Waals surface area contributed by atoms with Crippen molar-refractivity contribution in [3.05, 3.63) is 65.9 Å². The van der Waals surface area contributed by atoms with Crippen LogP contribution >= 0.6 is 0 Å². The van der Waals surface area contributed by atoms with Gasteiger partial charge in [-0.2, -0.15) is 0 Å². The molecule has 1 fully saturated rings. The summed E-state index contributed by atoms with van der Waals surface area (Å²) >= 11 is 0. The Morgan fingerprint density at radius 1 is 1.11 bits per heavy atom. The molecule has 1 atom stereocenters. The lowest BCUT2D eigenvalue weighted by molar-refractivity contribution is 0.0780. The summed E-state index contributed by atoms with van der Waals surface area (Å²) in [5.41, 5.74) is 2.29. The average Bonchev–Trinajstić information content (AvgIpc) is 3.43. The molecule has 0 saturated carbocycles. The fraction of sp³-hybridized carbons (Fsp3) is 0.273. The molecule has 6 heteroatoms. The molecule has 0 bridgehead atoms. The summed E-state index contributed by atoms with van der Waals surface area (Å²) in [6.07, 6.45) is 0.860. The van der Waals surface area contributed by atoms with Crippen molar-refractivity contribution in [1.82, 2.24) is 10.1 Å². The smallest absolute Gasteiger partial charge is 0.276 e. The zero-order chi connectivity index (χ0) is 19.5. The van der Waals surface area contributed by atoms with Crippen molar-refractivity contribution in [2.75, 3.05) is 27.3 Å². The predicted octanol–water partition coefficient (Wildman–Crippen LogP) is 3.99. The van der Waals surface area contributed by atoms with Gasteiger partial charge in [0, 0.05) is 36.2 Å². The van der Waals surface area contributed by atoms with E-state index in [1.807, 2.05) is 53.4 Å². The van der Waals surface area contributed by atoms with Gasteiger partial charge in [0.2, 0.25) is 0 Å². The third kappa shape index (κ3) is 3.45. The van der Waals surface area contributed by atoms with E-state index in [4.69, 9.17) is 14.0 Å². The average molecular weight is 378 g/mol. The highest BCUT2D eigenvalue weighted by Crippen LogP contribution is 2.36. The standard InChI is InChI=1S/C22H22N2O4/c1-26-17-8-9-20(27-2)18(12-17)16-10-11-24(14-16)22(25)19-13-21(28-23-19)15-6-4-3-5-7-15/h3-9,12-13,16H,10-11,14H2,1-2H3/t16-/m0/s1. The Morgan fingerprint density at radius 3 is 2.68 bits per heavy atom. The van der Waals surface area contributed by atoms with Crippen molar-refractivity contribution in [2.24, 2.45) is 0 Å². The number of hydrogen-bond donors (Lipinski definition) is 0. The Kier molecular flexibility index (Phi) is 5.02. The first-order valence-electron chi connectivity index (χ1n) is 9.23. The lowest BCUT2D eigenvalue weighted by Crippen LogP contribution is -2.28. The highest BCUT2D eigenvalue weighted by atomic mass is 16.5. The van der Waals surface area contributed by atoms with Crippen LogP contribution in [0.15, 0.2) is 59.1 Å². The van der Waals surface area contributed by atoms with Crippen LogP contribution in [-0.2, 0) is 0 Å². The van der Waals surface area contributed by atoms with Gasteiger partial charge in [-0.1, -0.05) is 35.5 Å². The second kappa shape index (κ2) is 7.76. The van der Waals surface area contributed by atoms with Crippen molar-refractivity contribution >= 4 is 5.91 Å². The highest BCUT2D eigenvalue weighted by molar-refractivity contribution is 5.93. The van der Waals surface area contributed by atoms with Crippen molar-refractivity contribution in [3.8, 4) is 22.8 Å². The molecule has 0 N–H and O–H groups in total. The zero-order valence-corrected chi connectivity index (χ0v) is 15.9. The van der Waals surface area contributed by atoms with Gasteiger partial charge in [0.15, 0.2) is 11.5 Å². The number of ether oxygens (including phenoxy) is 2. The minimum absolute atomic E-state index is 0.115. The van der Waals surface area contributed by atoms with Crippen LogP contribution in [0.5, 0.6) is 11.5 Å². The van der Waals surface area contributed by atoms with E-state index in [2.05, 4.69) is 5.16 Å². The van der Waals surface area contributed by atoms with Crippen molar-refractivity contribution in [3.63, 3.8) is 0 Å². The summed E-state index contributed by atoms with van der Waals surface area (Å²) in [7, 11) is 3.30. The van der Waals surface area contributed by atoms with E-state index in [1.165, 1.54) is 0 Å². The number of likely N-dealkylation sites (tertiary alicyclic amines) is 1. The van der Waals surface area contributed by atoms with Gasteiger partial charge in [-0.15, -0.1) is 0 Å². The molecule has 0 unspecified atom stereocenters. The quantitative estimate of drug-likeness (QED) is 0.672. The van der Waals surface area contributed by atoms with Gasteiger partial charge in [0.05, 0.1) is 14.2 Å². The molecular weight excluding hydrogens is 356 g/mol. The maximum absolute atomic E-state index is 12.9. The molecule has 0 aliphatic carbocycles. The third-order valence-electron chi connectivity index (χ3n) is 5.14. The van der Waals surface area contributed by atoms with Crippen LogP contribution < -0.4 is 9.47 Å². The van der Waals surface area contributed by atoms with Crippen LogP contribution in [0.2, 0.25) is 0 Å². The van der Waals surface area contributed by atoms with Crippen LogP contribution in [0.25, 0.3) is 11.3 Å². The number of hydrogen-bond acceptors (Lipinski definition) is 5. The van der Waals surface area contributed by atoms with Gasteiger partial charge in [-0.25, -0.2) is 0 Å². The normalized spacial score (nSPS) is 16.2. The van der Waals surface area contributed by atoms with Crippen LogP contribution in [0.3, 0.4) is 0 Å². The molecule has 28 heavy (non-hydrogen) atoms. The first-order valence-corrected chi connectivity index (χ1v) is 9.23. The van der Waals surface area contributed by atoms with Crippen LogP contribution in [0.4, 0.5) is 0 Å². The molecule has 1 aromatic heterocycles. The first-order chi connectivity index (χ1) is 13.7. The lowest BCUT2D eigenvalue weighted by atomic mass is 9.97. The van der Waals surface area contributed by atoms with Crippen molar-refractivity contribution < 1.29 is 18.8 Å². The van der Waals surface area contributed by atoms with Crippen molar-refractivity contribution in [1.29, 1.82) is 0 Å². The van der Waals surface area contributed by atoms with Gasteiger partial charge in [0.25, 0.3) is 5.91 Å². The van der Waals surface area contributed by atoms with Crippen LogP contribution in [0, 0.1) is 0 Å². The fourth-order valence-corrected chi connectivity index (χ4v) is 3.63. The second-order valence-corrected chi connectivity index (χ2v) is 6.79. The maximum atomic E-state index is 12.9. The number of rotatable bonds is 5. The molecule has 0 radical (unpaired) electrons. The number of nitrogens with zero attached hydrogens (tertiary/aromatic N) is 2. The second-order valence-electron chi connectivity index (χ2n) is 6.79. The monoisotopic (exact) mass is 378 g/mol. The lowest BCUT2D eigenvalue weighted by Gasteiger charge is -2.17. The molecule has 1 amide bonds. The topological polar surface area (TPSA) is 64.8 Å². The number of amides is 1. The summed E-state index contributed by atoms with van der Waals surface area (Å²) in [4.78, 5) is 14.7. The van der Waals surface area contributed by atoms with E-state index in [-0.39, 0.29) is 11.8 Å². The van der Waals surface area contributed by atoms with Crippen LogP contribution in [0.1, 0.15) is 28.4 Å². The minimum atomic E-state index is -0.115. The van der Waals surface area contributed by atoms with E-state index >= 15 is 0 Å². The number of aromatic nitrogens is 1. The van der Waals surface area contributed by atoms with Gasteiger partial charge in [-0.3, -0.25) is 4.79 Å². The van der Waals surface area contributed by atoms with Gasteiger partial charge in [-0.05, 0) is 24.6 Å². The summed E-state index contributed by atoms with van der Waals surface area (Å²) < 4.78 is 16.2. The molecule has 144 valence electrons. The maximum Gasteiger partial charge on any atom is 0.276 e. The Hall–Kier alpha value is -3.28. The SMILES string of the molecule is COc1ccc(OC)c([C@H]2CCN(C(=O)c3cc(-c4ccccc4)on3)C2)c1. The number of carbonyl (C=O) groups excluding carboxylic acids is 1. The Balaban J connectivity index is 1.50. The summed E-state index contributed by atoms with van der Waals surface area (Å²) in [6, 6.07) is 17.1.